The molecule has 1 saturated heterocycles. The summed E-state index contributed by atoms with van der Waals surface area (Å²) in [5, 5.41) is 4.08. The van der Waals surface area contributed by atoms with E-state index < -0.39 is 13.5 Å². The van der Waals surface area contributed by atoms with Crippen LogP contribution in [0.5, 0.6) is 0 Å². The molecule has 0 N–H and O–H groups in total. The Morgan fingerprint density at radius 2 is 1.42 bits per heavy atom. The molecule has 3 atom stereocenters. The van der Waals surface area contributed by atoms with Gasteiger partial charge in [0.25, 0.3) is 0 Å². The van der Waals surface area contributed by atoms with Crippen LogP contribution in [0.3, 0.4) is 0 Å². The second-order valence-electron chi connectivity index (χ2n) is 9.51. The standard InChI is InChI=1S/C28H33NO2P2/c1-28(2,3)31-27(30)29-20-24(32-23-13-7-4-8-14-23)19-22(29)21-33(25-15-9-5-10-16-25)26-17-11-6-12-18-26/h4-18,22,24,32H,19-21H2,1-3H3/t22-,24-/m0/s1. The third kappa shape index (κ3) is 6.66. The van der Waals surface area contributed by atoms with Gasteiger partial charge in [0.1, 0.15) is 5.60 Å². The lowest BCUT2D eigenvalue weighted by Gasteiger charge is -2.31. The predicted molar refractivity (Wildman–Crippen MR) is 143 cm³/mol. The molecule has 0 radical (unpaired) electrons. The minimum atomic E-state index is -0.571. The molecule has 172 valence electrons. The minimum Gasteiger partial charge on any atom is -0.444 e. The Labute approximate surface area is 201 Å². The Bertz CT molecular complexity index is 983. The molecule has 3 nitrogen and oxygen atoms in total. The molecule has 1 fully saturated rings. The van der Waals surface area contributed by atoms with Crippen molar-refractivity contribution in [3.8, 4) is 0 Å². The van der Waals surface area contributed by atoms with Gasteiger partial charge in [0.15, 0.2) is 0 Å². The van der Waals surface area contributed by atoms with Gasteiger partial charge in [0, 0.05) is 18.2 Å². The van der Waals surface area contributed by atoms with E-state index in [9.17, 15) is 4.79 Å². The number of benzene rings is 3. The maximum atomic E-state index is 13.2. The van der Waals surface area contributed by atoms with E-state index in [2.05, 4.69) is 91.0 Å². The van der Waals surface area contributed by atoms with E-state index in [0.29, 0.717) is 14.2 Å². The average molecular weight is 478 g/mol. The van der Waals surface area contributed by atoms with Crippen LogP contribution in [0.1, 0.15) is 27.2 Å². The molecule has 0 bridgehead atoms. The Balaban J connectivity index is 1.60. The van der Waals surface area contributed by atoms with Gasteiger partial charge in [-0.15, -0.1) is 0 Å². The predicted octanol–water partition coefficient (Wildman–Crippen LogP) is 5.50. The molecule has 1 unspecified atom stereocenters. The lowest BCUT2D eigenvalue weighted by atomic mass is 10.2. The van der Waals surface area contributed by atoms with Gasteiger partial charge in [0.05, 0.1) is 0 Å². The van der Waals surface area contributed by atoms with Crippen molar-refractivity contribution in [3.63, 3.8) is 0 Å². The summed E-state index contributed by atoms with van der Waals surface area (Å²) in [6, 6.07) is 32.4. The number of hydrogen-bond acceptors (Lipinski definition) is 2. The fourth-order valence-electron chi connectivity index (χ4n) is 4.30. The van der Waals surface area contributed by atoms with Crippen LogP contribution in [-0.2, 0) is 4.74 Å². The van der Waals surface area contributed by atoms with E-state index in [-0.39, 0.29) is 12.1 Å². The van der Waals surface area contributed by atoms with Crippen LogP contribution in [0.25, 0.3) is 0 Å². The highest BCUT2D eigenvalue weighted by molar-refractivity contribution is 7.73. The lowest BCUT2D eigenvalue weighted by Crippen LogP contribution is -2.42. The van der Waals surface area contributed by atoms with Crippen molar-refractivity contribution in [3.05, 3.63) is 91.0 Å². The molecule has 1 aliphatic rings. The second-order valence-corrected chi connectivity index (χ2v) is 13.4. The molecule has 3 aromatic rings. The largest absolute Gasteiger partial charge is 0.444 e. The van der Waals surface area contributed by atoms with E-state index in [1.807, 2.05) is 25.7 Å². The second kappa shape index (κ2) is 10.8. The van der Waals surface area contributed by atoms with E-state index >= 15 is 0 Å². The highest BCUT2D eigenvalue weighted by Crippen LogP contribution is 2.41. The molecule has 1 amide bonds. The summed E-state index contributed by atoms with van der Waals surface area (Å²) < 4.78 is 5.84. The molecule has 0 aromatic heterocycles. The topological polar surface area (TPSA) is 29.5 Å². The Morgan fingerprint density at radius 3 is 1.94 bits per heavy atom. The van der Waals surface area contributed by atoms with Crippen LogP contribution in [0.2, 0.25) is 0 Å². The number of carbonyl (C=O) groups excluding carboxylic acids is 1. The Hall–Kier alpha value is -2.21. The molecule has 5 heteroatoms. The van der Waals surface area contributed by atoms with Crippen LogP contribution in [-0.4, -0.2) is 41.0 Å². The van der Waals surface area contributed by atoms with E-state index in [1.165, 1.54) is 15.9 Å². The summed E-state index contributed by atoms with van der Waals surface area (Å²) >= 11 is 0. The van der Waals surface area contributed by atoms with Crippen molar-refractivity contribution in [1.82, 2.24) is 4.90 Å². The molecule has 4 rings (SSSR count). The highest BCUT2D eigenvalue weighted by atomic mass is 31.1. The molecular formula is C28H33NO2P2. The summed E-state index contributed by atoms with van der Waals surface area (Å²) in [5.74, 6) is 0. The number of carbonyl (C=O) groups is 1. The molecule has 33 heavy (non-hydrogen) atoms. The number of amides is 1. The van der Waals surface area contributed by atoms with Crippen molar-refractivity contribution >= 4 is 38.5 Å². The third-order valence-electron chi connectivity index (χ3n) is 5.72. The van der Waals surface area contributed by atoms with Crippen LogP contribution in [0.15, 0.2) is 91.0 Å². The Kier molecular flexibility index (Phi) is 7.84. The van der Waals surface area contributed by atoms with Crippen molar-refractivity contribution in [2.45, 2.75) is 44.5 Å². The number of hydrogen-bond donors (Lipinski definition) is 0. The molecule has 0 saturated carbocycles. The van der Waals surface area contributed by atoms with Crippen LogP contribution in [0, 0.1) is 0 Å². The number of nitrogens with zero attached hydrogens (tertiary/aromatic N) is 1. The average Bonchev–Trinajstić information content (AvgIpc) is 3.20. The number of rotatable bonds is 6. The van der Waals surface area contributed by atoms with Crippen molar-refractivity contribution < 1.29 is 9.53 Å². The number of likely N-dealkylation sites (tertiary alicyclic amines) is 1. The van der Waals surface area contributed by atoms with Gasteiger partial charge >= 0.3 is 6.09 Å². The first-order chi connectivity index (χ1) is 15.9. The lowest BCUT2D eigenvalue weighted by molar-refractivity contribution is 0.0242. The Morgan fingerprint density at radius 1 is 0.909 bits per heavy atom. The van der Waals surface area contributed by atoms with Gasteiger partial charge in [-0.3, -0.25) is 0 Å². The monoisotopic (exact) mass is 477 g/mol. The molecule has 1 aliphatic heterocycles. The first-order valence-corrected chi connectivity index (χ1v) is 14.2. The highest BCUT2D eigenvalue weighted by Gasteiger charge is 2.39. The van der Waals surface area contributed by atoms with Crippen LogP contribution >= 0.6 is 16.5 Å². The fraction of sp³-hybridized carbons (Fsp3) is 0.321. The summed E-state index contributed by atoms with van der Waals surface area (Å²) in [5.41, 5.74) is -0.0290. The van der Waals surface area contributed by atoms with E-state index in [0.717, 1.165) is 19.1 Å². The van der Waals surface area contributed by atoms with Gasteiger partial charge in [-0.05, 0) is 57.2 Å². The van der Waals surface area contributed by atoms with E-state index in [4.69, 9.17) is 4.74 Å². The zero-order valence-electron chi connectivity index (χ0n) is 19.6. The van der Waals surface area contributed by atoms with Crippen LogP contribution in [0.4, 0.5) is 4.79 Å². The summed E-state index contributed by atoms with van der Waals surface area (Å²) in [4.78, 5) is 15.3. The molecule has 1 heterocycles. The summed E-state index contributed by atoms with van der Waals surface area (Å²) in [6.45, 7) is 6.60. The number of ether oxygens (including phenoxy) is 1. The SMILES string of the molecule is CC(C)(C)OC(=O)N1C[C@@H](Pc2ccccc2)C[C@H]1CP(c1ccccc1)c1ccccc1. The summed E-state index contributed by atoms with van der Waals surface area (Å²) in [7, 11) is 0.127. The maximum absolute atomic E-state index is 13.2. The molecular weight excluding hydrogens is 444 g/mol. The maximum Gasteiger partial charge on any atom is 0.410 e. The minimum absolute atomic E-state index is 0.174. The molecule has 0 spiro atoms. The smallest absolute Gasteiger partial charge is 0.410 e. The van der Waals surface area contributed by atoms with Gasteiger partial charge in [-0.1, -0.05) is 99.6 Å². The van der Waals surface area contributed by atoms with Crippen LogP contribution < -0.4 is 15.9 Å². The first kappa shape index (κ1) is 23.9. The normalized spacial score (nSPS) is 18.8. The first-order valence-electron chi connectivity index (χ1n) is 11.6. The van der Waals surface area contributed by atoms with Gasteiger partial charge in [0.2, 0.25) is 0 Å². The van der Waals surface area contributed by atoms with Crippen molar-refractivity contribution in [2.75, 3.05) is 12.7 Å². The van der Waals surface area contributed by atoms with Crippen molar-refractivity contribution in [2.24, 2.45) is 0 Å². The molecule has 0 aliphatic carbocycles. The van der Waals surface area contributed by atoms with E-state index in [1.54, 1.807) is 0 Å². The zero-order valence-corrected chi connectivity index (χ0v) is 21.5. The quantitative estimate of drug-likeness (QED) is 0.439. The fourth-order valence-corrected chi connectivity index (χ4v) is 8.38. The molecule has 3 aromatic carbocycles. The van der Waals surface area contributed by atoms with Crippen molar-refractivity contribution in [1.29, 1.82) is 0 Å². The van der Waals surface area contributed by atoms with Gasteiger partial charge < -0.3 is 9.64 Å². The summed E-state index contributed by atoms with van der Waals surface area (Å²) in [6.07, 6.45) is 1.80. The third-order valence-corrected chi connectivity index (χ3v) is 9.84. The van der Waals surface area contributed by atoms with Gasteiger partial charge in [-0.2, -0.15) is 0 Å². The zero-order chi connectivity index (χ0) is 23.3. The van der Waals surface area contributed by atoms with Gasteiger partial charge in [-0.25, -0.2) is 4.79 Å².